The van der Waals surface area contributed by atoms with Gasteiger partial charge in [-0.15, -0.1) is 0 Å². The van der Waals surface area contributed by atoms with E-state index in [1.807, 2.05) is 21.6 Å². The van der Waals surface area contributed by atoms with Crippen molar-refractivity contribution in [2.24, 2.45) is 0 Å². The topological polar surface area (TPSA) is 98.5 Å². The van der Waals surface area contributed by atoms with E-state index in [-0.39, 0.29) is 17.8 Å². The standard InChI is InChI=1S/C18H24N2O5S2/c1-12-7-8-15(20(23)24)18(13(12)2)19-16(21)11-25-17(22)6-4-3-5-14-9-10-26-27-14/h7-8,14H,3-6,9-11H2,1-2H3,(H,19,21)/t14-/m1/s1. The molecule has 2 rings (SSSR count). The second-order valence-corrected chi connectivity index (χ2v) is 9.23. The SMILES string of the molecule is Cc1ccc([N+](=O)[O-])c(NC(=O)COC(=O)CCCC[C@@H]2CCSS2)c1C. The second-order valence-electron chi connectivity index (χ2n) is 6.44. The molecule has 0 aliphatic carbocycles. The highest BCUT2D eigenvalue weighted by atomic mass is 33.1. The Hall–Kier alpha value is -1.74. The highest BCUT2D eigenvalue weighted by Gasteiger charge is 2.20. The van der Waals surface area contributed by atoms with Crippen LogP contribution in [0.25, 0.3) is 0 Å². The summed E-state index contributed by atoms with van der Waals surface area (Å²) in [5, 5.41) is 14.3. The summed E-state index contributed by atoms with van der Waals surface area (Å²) in [4.78, 5) is 34.4. The van der Waals surface area contributed by atoms with Gasteiger partial charge in [-0.25, -0.2) is 0 Å². The summed E-state index contributed by atoms with van der Waals surface area (Å²) >= 11 is 0. The maximum atomic E-state index is 12.0. The molecule has 148 valence electrons. The van der Waals surface area contributed by atoms with Gasteiger partial charge in [-0.1, -0.05) is 34.1 Å². The van der Waals surface area contributed by atoms with Crippen LogP contribution in [0, 0.1) is 24.0 Å². The number of nitro benzene ring substituents is 1. The van der Waals surface area contributed by atoms with Gasteiger partial charge in [-0.05, 0) is 44.2 Å². The van der Waals surface area contributed by atoms with E-state index in [1.165, 1.54) is 18.2 Å². The molecule has 0 aromatic heterocycles. The van der Waals surface area contributed by atoms with Crippen LogP contribution in [0.4, 0.5) is 11.4 Å². The number of rotatable bonds is 9. The van der Waals surface area contributed by atoms with E-state index >= 15 is 0 Å². The molecule has 0 radical (unpaired) electrons. The van der Waals surface area contributed by atoms with Gasteiger partial charge in [0.05, 0.1) is 4.92 Å². The minimum Gasteiger partial charge on any atom is -0.456 e. The van der Waals surface area contributed by atoms with Crippen LogP contribution in [0.1, 0.15) is 43.2 Å². The molecule has 1 aliphatic rings. The number of amides is 1. The van der Waals surface area contributed by atoms with E-state index in [0.29, 0.717) is 10.8 Å². The lowest BCUT2D eigenvalue weighted by atomic mass is 10.1. The van der Waals surface area contributed by atoms with E-state index in [9.17, 15) is 19.7 Å². The Morgan fingerprint density at radius 2 is 2.11 bits per heavy atom. The van der Waals surface area contributed by atoms with Crippen LogP contribution in [-0.4, -0.2) is 34.4 Å². The molecule has 1 heterocycles. The molecule has 1 aromatic carbocycles. The number of benzene rings is 1. The highest BCUT2D eigenvalue weighted by molar-refractivity contribution is 8.77. The van der Waals surface area contributed by atoms with Crippen LogP contribution in [0.15, 0.2) is 12.1 Å². The molecule has 7 nitrogen and oxygen atoms in total. The Bertz CT molecular complexity index is 705. The van der Waals surface area contributed by atoms with Crippen molar-refractivity contribution >= 4 is 44.8 Å². The molecule has 0 unspecified atom stereocenters. The summed E-state index contributed by atoms with van der Waals surface area (Å²) in [6, 6.07) is 2.98. The zero-order valence-corrected chi connectivity index (χ0v) is 17.1. The fourth-order valence-electron chi connectivity index (χ4n) is 2.71. The first-order valence-corrected chi connectivity index (χ1v) is 11.2. The van der Waals surface area contributed by atoms with E-state index in [4.69, 9.17) is 4.74 Å². The van der Waals surface area contributed by atoms with E-state index < -0.39 is 23.4 Å². The molecule has 9 heteroatoms. The lowest BCUT2D eigenvalue weighted by Gasteiger charge is -2.11. The number of aryl methyl sites for hydroxylation is 1. The lowest BCUT2D eigenvalue weighted by Crippen LogP contribution is -2.22. The fourth-order valence-corrected chi connectivity index (χ4v) is 5.74. The molecule has 0 bridgehead atoms. The molecule has 1 fully saturated rings. The lowest BCUT2D eigenvalue weighted by molar-refractivity contribution is -0.384. The number of ether oxygens (including phenoxy) is 1. The maximum Gasteiger partial charge on any atom is 0.306 e. The van der Waals surface area contributed by atoms with Gasteiger partial charge < -0.3 is 10.1 Å². The molecular weight excluding hydrogens is 388 g/mol. The summed E-state index contributed by atoms with van der Waals surface area (Å²) in [5.41, 5.74) is 1.41. The summed E-state index contributed by atoms with van der Waals surface area (Å²) in [6.07, 6.45) is 4.31. The van der Waals surface area contributed by atoms with Crippen molar-refractivity contribution in [3.05, 3.63) is 33.4 Å². The van der Waals surface area contributed by atoms with Crippen LogP contribution in [0.5, 0.6) is 0 Å². The third-order valence-corrected chi connectivity index (χ3v) is 7.43. The van der Waals surface area contributed by atoms with E-state index in [0.717, 1.165) is 24.8 Å². The van der Waals surface area contributed by atoms with Gasteiger partial charge in [-0.2, -0.15) is 0 Å². The van der Waals surface area contributed by atoms with Crippen LogP contribution in [-0.2, 0) is 14.3 Å². The predicted molar refractivity (Wildman–Crippen MR) is 109 cm³/mol. The molecule has 1 N–H and O–H groups in total. The molecule has 0 saturated carbocycles. The van der Waals surface area contributed by atoms with E-state index in [2.05, 4.69) is 5.32 Å². The smallest absolute Gasteiger partial charge is 0.306 e. The molecule has 1 aromatic rings. The van der Waals surface area contributed by atoms with Crippen molar-refractivity contribution in [1.82, 2.24) is 0 Å². The zero-order chi connectivity index (χ0) is 19.8. The Morgan fingerprint density at radius 1 is 1.33 bits per heavy atom. The number of nitrogens with zero attached hydrogens (tertiary/aromatic N) is 1. The Labute approximate surface area is 166 Å². The third-order valence-electron chi connectivity index (χ3n) is 4.42. The van der Waals surface area contributed by atoms with Crippen molar-refractivity contribution < 1.29 is 19.2 Å². The van der Waals surface area contributed by atoms with Crippen molar-refractivity contribution in [1.29, 1.82) is 0 Å². The average molecular weight is 413 g/mol. The number of nitro groups is 1. The van der Waals surface area contributed by atoms with Crippen molar-refractivity contribution in [2.75, 3.05) is 17.7 Å². The minimum atomic E-state index is -0.584. The molecule has 27 heavy (non-hydrogen) atoms. The van der Waals surface area contributed by atoms with Gasteiger partial charge in [0.2, 0.25) is 0 Å². The Balaban J connectivity index is 1.75. The largest absolute Gasteiger partial charge is 0.456 e. The van der Waals surface area contributed by atoms with E-state index in [1.54, 1.807) is 19.9 Å². The number of hydrogen-bond donors (Lipinski definition) is 1. The van der Waals surface area contributed by atoms with Crippen molar-refractivity contribution in [2.45, 2.75) is 51.2 Å². The summed E-state index contributed by atoms with van der Waals surface area (Å²) in [7, 11) is 3.82. The molecule has 0 spiro atoms. The number of anilines is 1. The third kappa shape index (κ3) is 6.73. The van der Waals surface area contributed by atoms with Gasteiger partial charge in [0.15, 0.2) is 6.61 Å². The number of unbranched alkanes of at least 4 members (excludes halogenated alkanes) is 1. The Kier molecular flexibility index (Phi) is 8.43. The van der Waals surface area contributed by atoms with Gasteiger partial charge >= 0.3 is 5.97 Å². The molecular formula is C18H24N2O5S2. The zero-order valence-electron chi connectivity index (χ0n) is 15.5. The first-order valence-electron chi connectivity index (χ1n) is 8.87. The van der Waals surface area contributed by atoms with Crippen molar-refractivity contribution in [3.63, 3.8) is 0 Å². The maximum absolute atomic E-state index is 12.0. The number of carbonyl (C=O) groups is 2. The molecule has 1 amide bonds. The summed E-state index contributed by atoms with van der Waals surface area (Å²) in [6.45, 7) is 3.06. The average Bonchev–Trinajstić information content (AvgIpc) is 3.14. The van der Waals surface area contributed by atoms with Crippen LogP contribution < -0.4 is 5.32 Å². The van der Waals surface area contributed by atoms with Gasteiger partial charge in [0.25, 0.3) is 11.6 Å². The quantitative estimate of drug-likeness (QED) is 0.211. The first kappa shape index (κ1) is 21.6. The second kappa shape index (κ2) is 10.6. The first-order chi connectivity index (χ1) is 12.9. The van der Waals surface area contributed by atoms with Gasteiger partial charge in [0.1, 0.15) is 5.69 Å². The van der Waals surface area contributed by atoms with Crippen LogP contribution >= 0.6 is 21.6 Å². The summed E-state index contributed by atoms with van der Waals surface area (Å²) < 4.78 is 4.99. The number of hydrogen-bond acceptors (Lipinski definition) is 7. The van der Waals surface area contributed by atoms with Gasteiger partial charge in [0, 0.05) is 23.5 Å². The van der Waals surface area contributed by atoms with Crippen molar-refractivity contribution in [3.8, 4) is 0 Å². The normalized spacial score (nSPS) is 16.1. The van der Waals surface area contributed by atoms with Gasteiger partial charge in [-0.3, -0.25) is 19.7 Å². The van der Waals surface area contributed by atoms with Crippen LogP contribution in [0.3, 0.4) is 0 Å². The fraction of sp³-hybridized carbons (Fsp3) is 0.556. The predicted octanol–water partition coefficient (Wildman–Crippen LogP) is 4.41. The van der Waals surface area contributed by atoms with Crippen LogP contribution in [0.2, 0.25) is 0 Å². The number of nitrogens with one attached hydrogen (secondary N) is 1. The summed E-state index contributed by atoms with van der Waals surface area (Å²) in [5.74, 6) is 0.194. The number of esters is 1. The Morgan fingerprint density at radius 3 is 2.78 bits per heavy atom. The minimum absolute atomic E-state index is 0.146. The molecule has 1 saturated heterocycles. The molecule has 1 aliphatic heterocycles. The monoisotopic (exact) mass is 412 g/mol. The molecule has 1 atom stereocenters. The number of carbonyl (C=O) groups excluding carboxylic acids is 2. The highest BCUT2D eigenvalue weighted by Crippen LogP contribution is 2.39.